The Morgan fingerprint density at radius 1 is 1.50 bits per heavy atom. The van der Waals surface area contributed by atoms with Crippen LogP contribution >= 0.6 is 11.6 Å². The Balaban J connectivity index is 2.86. The highest BCUT2D eigenvalue weighted by atomic mass is 35.5. The third-order valence-corrected chi connectivity index (χ3v) is 2.24. The Bertz CT molecular complexity index is 423. The van der Waals surface area contributed by atoms with Crippen molar-refractivity contribution in [3.63, 3.8) is 0 Å². The van der Waals surface area contributed by atoms with Crippen LogP contribution in [0.3, 0.4) is 0 Å². The first-order chi connectivity index (χ1) is 8.69. The van der Waals surface area contributed by atoms with Gasteiger partial charge in [-0.05, 0) is 6.07 Å². The minimum absolute atomic E-state index is 0.00502. The fraction of sp³-hybridized carbons (Fsp3) is 0.333. The van der Waals surface area contributed by atoms with Crippen molar-refractivity contribution in [3.05, 3.63) is 46.5 Å². The third kappa shape index (κ3) is 4.35. The van der Waals surface area contributed by atoms with Crippen LogP contribution in [0.4, 0.5) is 5.69 Å². The average molecular weight is 272 g/mol. The van der Waals surface area contributed by atoms with Crippen molar-refractivity contribution >= 4 is 17.3 Å². The monoisotopic (exact) mass is 271 g/mol. The molecule has 18 heavy (non-hydrogen) atoms. The minimum atomic E-state index is -0.456. The highest BCUT2D eigenvalue weighted by Gasteiger charge is 2.11. The van der Waals surface area contributed by atoms with Gasteiger partial charge in [-0.25, -0.2) is 0 Å². The molecule has 0 atom stereocenters. The summed E-state index contributed by atoms with van der Waals surface area (Å²) >= 11 is 5.53. The maximum absolute atomic E-state index is 10.7. The van der Waals surface area contributed by atoms with Gasteiger partial charge >= 0.3 is 0 Å². The molecule has 0 spiro atoms. The minimum Gasteiger partial charge on any atom is -0.492 e. The number of rotatable bonds is 8. The zero-order chi connectivity index (χ0) is 13.4. The van der Waals surface area contributed by atoms with Crippen molar-refractivity contribution in [2.45, 2.75) is 6.61 Å². The first-order valence-corrected chi connectivity index (χ1v) is 5.87. The summed E-state index contributed by atoms with van der Waals surface area (Å²) in [5, 5.41) is 10.7. The quantitative estimate of drug-likeness (QED) is 0.240. The van der Waals surface area contributed by atoms with Crippen LogP contribution in [0.5, 0.6) is 5.75 Å². The molecule has 0 saturated heterocycles. The van der Waals surface area contributed by atoms with Gasteiger partial charge in [0.05, 0.1) is 24.0 Å². The number of alkyl halides is 1. The standard InChI is InChI=1S/C12H14ClNO4/c1-2-6-17-9-10-8-11(14(15)16)3-4-12(10)18-7-5-13/h2-4,8H,1,5-7,9H2. The highest BCUT2D eigenvalue weighted by Crippen LogP contribution is 2.25. The lowest BCUT2D eigenvalue weighted by Gasteiger charge is -2.10. The summed E-state index contributed by atoms with van der Waals surface area (Å²) in [5.74, 6) is 0.898. The smallest absolute Gasteiger partial charge is 0.270 e. The van der Waals surface area contributed by atoms with Gasteiger partial charge in [0.25, 0.3) is 5.69 Å². The van der Waals surface area contributed by atoms with Crippen LogP contribution in [0, 0.1) is 10.1 Å². The molecule has 1 aromatic rings. The molecule has 0 saturated carbocycles. The van der Waals surface area contributed by atoms with Crippen LogP contribution < -0.4 is 4.74 Å². The first kappa shape index (κ1) is 14.5. The first-order valence-electron chi connectivity index (χ1n) is 5.33. The molecule has 0 heterocycles. The molecule has 1 rings (SSSR count). The number of nitro benzene ring substituents is 1. The highest BCUT2D eigenvalue weighted by molar-refractivity contribution is 6.18. The summed E-state index contributed by atoms with van der Waals surface area (Å²) in [7, 11) is 0. The summed E-state index contributed by atoms with van der Waals surface area (Å²) in [6, 6.07) is 4.38. The van der Waals surface area contributed by atoms with Crippen molar-refractivity contribution in [2.75, 3.05) is 19.1 Å². The number of benzene rings is 1. The van der Waals surface area contributed by atoms with Crippen molar-refractivity contribution in [3.8, 4) is 5.75 Å². The Kier molecular flexibility index (Phi) is 6.18. The van der Waals surface area contributed by atoms with Crippen molar-refractivity contribution < 1.29 is 14.4 Å². The van der Waals surface area contributed by atoms with Gasteiger partial charge in [0, 0.05) is 17.7 Å². The van der Waals surface area contributed by atoms with E-state index in [0.29, 0.717) is 30.4 Å². The zero-order valence-corrected chi connectivity index (χ0v) is 10.6. The van der Waals surface area contributed by atoms with Gasteiger partial charge in [0.2, 0.25) is 0 Å². The molecule has 0 fully saturated rings. The third-order valence-electron chi connectivity index (χ3n) is 2.08. The predicted octanol–water partition coefficient (Wildman–Crippen LogP) is 2.92. The average Bonchev–Trinajstić information content (AvgIpc) is 2.37. The molecule has 0 radical (unpaired) electrons. The lowest BCUT2D eigenvalue weighted by atomic mass is 10.2. The van der Waals surface area contributed by atoms with E-state index in [1.54, 1.807) is 12.1 Å². The maximum atomic E-state index is 10.7. The zero-order valence-electron chi connectivity index (χ0n) is 9.80. The second-order valence-corrected chi connectivity index (χ2v) is 3.77. The fourth-order valence-electron chi connectivity index (χ4n) is 1.33. The van der Waals surface area contributed by atoms with Gasteiger partial charge in [-0.15, -0.1) is 18.2 Å². The number of hydrogen-bond donors (Lipinski definition) is 0. The number of nitrogens with zero attached hydrogens (tertiary/aromatic N) is 1. The molecule has 6 heteroatoms. The lowest BCUT2D eigenvalue weighted by molar-refractivity contribution is -0.385. The molecule has 0 N–H and O–H groups in total. The summed E-state index contributed by atoms with van der Waals surface area (Å²) in [6.07, 6.45) is 1.61. The molecule has 1 aromatic carbocycles. The van der Waals surface area contributed by atoms with E-state index in [1.807, 2.05) is 0 Å². The molecule has 0 aliphatic carbocycles. The Hall–Kier alpha value is -1.59. The maximum Gasteiger partial charge on any atom is 0.270 e. The fourth-order valence-corrected chi connectivity index (χ4v) is 1.41. The van der Waals surface area contributed by atoms with E-state index in [4.69, 9.17) is 21.1 Å². The van der Waals surface area contributed by atoms with E-state index in [-0.39, 0.29) is 12.3 Å². The molecule has 0 bridgehead atoms. The molecular formula is C12H14ClNO4. The van der Waals surface area contributed by atoms with Gasteiger partial charge in [0.15, 0.2) is 0 Å². The Labute approximate surface area is 110 Å². The molecule has 0 unspecified atom stereocenters. The SMILES string of the molecule is C=CCOCc1cc([N+](=O)[O-])ccc1OCCCl. The predicted molar refractivity (Wildman–Crippen MR) is 69.2 cm³/mol. The number of hydrogen-bond acceptors (Lipinski definition) is 4. The second-order valence-electron chi connectivity index (χ2n) is 3.39. The normalized spacial score (nSPS) is 10.1. The number of non-ortho nitro benzene ring substituents is 1. The van der Waals surface area contributed by atoms with E-state index >= 15 is 0 Å². The molecule has 5 nitrogen and oxygen atoms in total. The molecule has 0 aromatic heterocycles. The second kappa shape index (κ2) is 7.68. The van der Waals surface area contributed by atoms with Crippen molar-refractivity contribution in [2.24, 2.45) is 0 Å². The van der Waals surface area contributed by atoms with Crippen LogP contribution in [-0.2, 0) is 11.3 Å². The molecule has 0 aliphatic rings. The summed E-state index contributed by atoms with van der Waals surface area (Å²) in [5.41, 5.74) is 0.626. The van der Waals surface area contributed by atoms with Crippen molar-refractivity contribution in [1.82, 2.24) is 0 Å². The van der Waals surface area contributed by atoms with Gasteiger partial charge in [-0.1, -0.05) is 6.08 Å². The van der Waals surface area contributed by atoms with Gasteiger partial charge in [-0.3, -0.25) is 10.1 Å². The number of halogens is 1. The van der Waals surface area contributed by atoms with E-state index in [0.717, 1.165) is 0 Å². The van der Waals surface area contributed by atoms with Crippen LogP contribution in [0.25, 0.3) is 0 Å². The molecular weight excluding hydrogens is 258 g/mol. The topological polar surface area (TPSA) is 61.6 Å². The van der Waals surface area contributed by atoms with E-state index in [2.05, 4.69) is 6.58 Å². The lowest BCUT2D eigenvalue weighted by Crippen LogP contribution is -2.03. The van der Waals surface area contributed by atoms with Crippen LogP contribution in [-0.4, -0.2) is 24.0 Å². The number of nitro groups is 1. The number of ether oxygens (including phenoxy) is 2. The van der Waals surface area contributed by atoms with E-state index in [9.17, 15) is 10.1 Å². The largest absolute Gasteiger partial charge is 0.492 e. The van der Waals surface area contributed by atoms with Crippen molar-refractivity contribution in [1.29, 1.82) is 0 Å². The Morgan fingerprint density at radius 2 is 2.28 bits per heavy atom. The molecule has 0 aliphatic heterocycles. The molecule has 0 amide bonds. The summed E-state index contributed by atoms with van der Waals surface area (Å²) in [4.78, 5) is 10.2. The summed E-state index contributed by atoms with van der Waals surface area (Å²) < 4.78 is 10.7. The summed E-state index contributed by atoms with van der Waals surface area (Å²) in [6.45, 7) is 4.47. The van der Waals surface area contributed by atoms with Crippen LogP contribution in [0.1, 0.15) is 5.56 Å². The van der Waals surface area contributed by atoms with Gasteiger partial charge < -0.3 is 9.47 Å². The van der Waals surface area contributed by atoms with E-state index < -0.39 is 4.92 Å². The van der Waals surface area contributed by atoms with Gasteiger partial charge in [-0.2, -0.15) is 0 Å². The molecule has 98 valence electrons. The Morgan fingerprint density at radius 3 is 2.89 bits per heavy atom. The van der Waals surface area contributed by atoms with Crippen LogP contribution in [0.2, 0.25) is 0 Å². The van der Waals surface area contributed by atoms with Gasteiger partial charge in [0.1, 0.15) is 12.4 Å². The van der Waals surface area contributed by atoms with Crippen LogP contribution in [0.15, 0.2) is 30.9 Å². The van der Waals surface area contributed by atoms with E-state index in [1.165, 1.54) is 12.1 Å².